The molecule has 15 heavy (non-hydrogen) atoms. The second-order valence-corrected chi connectivity index (χ2v) is 3.66. The molecule has 0 aliphatic carbocycles. The number of hydrogen-bond acceptors (Lipinski definition) is 2. The van der Waals surface area contributed by atoms with Crippen molar-refractivity contribution >= 4 is 5.65 Å². The van der Waals surface area contributed by atoms with Gasteiger partial charge < -0.3 is 0 Å². The highest BCUT2D eigenvalue weighted by atomic mass is 16.1. The Kier molecular flexibility index (Phi) is 2.54. The number of fused-ring (bicyclic) bond motifs is 1. The van der Waals surface area contributed by atoms with Gasteiger partial charge in [0.15, 0.2) is 0 Å². The molecule has 0 amide bonds. The van der Waals surface area contributed by atoms with E-state index in [2.05, 4.69) is 11.9 Å². The summed E-state index contributed by atoms with van der Waals surface area (Å²) < 4.78 is 1.61. The molecule has 0 aromatic carbocycles. The molecule has 0 atom stereocenters. The van der Waals surface area contributed by atoms with Crippen LogP contribution in [-0.2, 0) is 6.42 Å². The molecular formula is C12H14N2O. The maximum absolute atomic E-state index is 12.1. The maximum atomic E-state index is 12.1. The Morgan fingerprint density at radius 3 is 2.93 bits per heavy atom. The predicted octanol–water partition coefficient (Wildman–Crippen LogP) is 1.96. The lowest BCUT2D eigenvalue weighted by Gasteiger charge is -2.06. The van der Waals surface area contributed by atoms with Crippen LogP contribution < -0.4 is 5.56 Å². The zero-order valence-electron chi connectivity index (χ0n) is 9.03. The van der Waals surface area contributed by atoms with E-state index in [4.69, 9.17) is 0 Å². The van der Waals surface area contributed by atoms with Crippen molar-refractivity contribution in [3.05, 3.63) is 46.0 Å². The fraction of sp³-hybridized carbons (Fsp3) is 0.333. The molecule has 0 aliphatic rings. The van der Waals surface area contributed by atoms with Gasteiger partial charge in [-0.25, -0.2) is 4.98 Å². The minimum absolute atomic E-state index is 0.0694. The fourth-order valence-corrected chi connectivity index (χ4v) is 1.77. The third kappa shape index (κ3) is 1.65. The summed E-state index contributed by atoms with van der Waals surface area (Å²) in [5.74, 6) is 0. The first-order valence-corrected chi connectivity index (χ1v) is 5.21. The standard InChI is InChI=1S/C12H14N2O/c1-3-6-10-9(2)13-11-7-4-5-8-14(11)12(10)15/h4-5,7-8H,3,6H2,1-2H3. The molecule has 0 unspecified atom stereocenters. The minimum Gasteiger partial charge on any atom is -0.269 e. The molecular weight excluding hydrogens is 188 g/mol. The number of hydrogen-bond donors (Lipinski definition) is 0. The summed E-state index contributed by atoms with van der Waals surface area (Å²) in [6.07, 6.45) is 3.54. The molecule has 3 heteroatoms. The van der Waals surface area contributed by atoms with Crippen LogP contribution in [0, 0.1) is 6.92 Å². The SMILES string of the molecule is CCCc1c(C)nc2ccccn2c1=O. The zero-order chi connectivity index (χ0) is 10.8. The van der Waals surface area contributed by atoms with Crippen molar-refractivity contribution in [2.24, 2.45) is 0 Å². The first kappa shape index (κ1) is 9.90. The number of rotatable bonds is 2. The van der Waals surface area contributed by atoms with Crippen molar-refractivity contribution in [1.82, 2.24) is 9.38 Å². The summed E-state index contributed by atoms with van der Waals surface area (Å²) in [7, 11) is 0. The van der Waals surface area contributed by atoms with E-state index in [0.29, 0.717) is 0 Å². The molecule has 3 nitrogen and oxygen atoms in total. The molecule has 0 N–H and O–H groups in total. The first-order chi connectivity index (χ1) is 7.24. The second kappa shape index (κ2) is 3.85. The Bertz CT molecular complexity index is 543. The summed E-state index contributed by atoms with van der Waals surface area (Å²) in [5, 5.41) is 0. The highest BCUT2D eigenvalue weighted by Crippen LogP contribution is 2.05. The normalized spacial score (nSPS) is 10.8. The topological polar surface area (TPSA) is 34.4 Å². The highest BCUT2D eigenvalue weighted by molar-refractivity contribution is 5.40. The highest BCUT2D eigenvalue weighted by Gasteiger charge is 2.07. The largest absolute Gasteiger partial charge is 0.269 e. The van der Waals surface area contributed by atoms with Crippen molar-refractivity contribution in [3.8, 4) is 0 Å². The zero-order valence-corrected chi connectivity index (χ0v) is 9.03. The van der Waals surface area contributed by atoms with Gasteiger partial charge in [-0.1, -0.05) is 19.4 Å². The van der Waals surface area contributed by atoms with Gasteiger partial charge in [0.1, 0.15) is 5.65 Å². The molecule has 0 spiro atoms. The van der Waals surface area contributed by atoms with Gasteiger partial charge in [0.25, 0.3) is 5.56 Å². The monoisotopic (exact) mass is 202 g/mol. The van der Waals surface area contributed by atoms with Gasteiger partial charge in [0.2, 0.25) is 0 Å². The Morgan fingerprint density at radius 1 is 1.40 bits per heavy atom. The molecule has 0 aliphatic heterocycles. The second-order valence-electron chi connectivity index (χ2n) is 3.66. The lowest BCUT2D eigenvalue weighted by molar-refractivity contribution is 0.857. The average molecular weight is 202 g/mol. The Hall–Kier alpha value is -1.64. The molecule has 0 saturated carbocycles. The van der Waals surface area contributed by atoms with Gasteiger partial charge in [-0.15, -0.1) is 0 Å². The molecule has 2 rings (SSSR count). The van der Waals surface area contributed by atoms with Gasteiger partial charge >= 0.3 is 0 Å². The molecule has 0 bridgehead atoms. The van der Waals surface area contributed by atoms with Crippen LogP contribution >= 0.6 is 0 Å². The van der Waals surface area contributed by atoms with Crippen molar-refractivity contribution in [3.63, 3.8) is 0 Å². The smallest absolute Gasteiger partial charge is 0.261 e. The van der Waals surface area contributed by atoms with E-state index < -0.39 is 0 Å². The molecule has 2 aromatic heterocycles. The lowest BCUT2D eigenvalue weighted by atomic mass is 10.1. The third-order valence-corrected chi connectivity index (χ3v) is 2.53. The van der Waals surface area contributed by atoms with E-state index >= 15 is 0 Å². The summed E-state index contributed by atoms with van der Waals surface area (Å²) in [6, 6.07) is 5.59. The van der Waals surface area contributed by atoms with Crippen molar-refractivity contribution < 1.29 is 0 Å². The van der Waals surface area contributed by atoms with Gasteiger partial charge in [-0.05, 0) is 25.5 Å². The molecule has 2 aromatic rings. The van der Waals surface area contributed by atoms with Crippen LogP contribution in [0.15, 0.2) is 29.2 Å². The fourth-order valence-electron chi connectivity index (χ4n) is 1.77. The number of pyridine rings is 1. The summed E-state index contributed by atoms with van der Waals surface area (Å²) >= 11 is 0. The Morgan fingerprint density at radius 2 is 2.20 bits per heavy atom. The van der Waals surface area contributed by atoms with Crippen LogP contribution in [0.3, 0.4) is 0 Å². The number of aromatic nitrogens is 2. The van der Waals surface area contributed by atoms with Gasteiger partial charge in [0.05, 0.1) is 0 Å². The summed E-state index contributed by atoms with van der Waals surface area (Å²) in [4.78, 5) is 16.5. The van der Waals surface area contributed by atoms with Crippen LogP contribution in [0.4, 0.5) is 0 Å². The van der Waals surface area contributed by atoms with Gasteiger partial charge in [0, 0.05) is 17.5 Å². The number of nitrogens with zero attached hydrogens (tertiary/aromatic N) is 2. The van der Waals surface area contributed by atoms with E-state index in [1.165, 1.54) is 0 Å². The van der Waals surface area contributed by atoms with Crippen LogP contribution in [0.25, 0.3) is 5.65 Å². The lowest BCUT2D eigenvalue weighted by Crippen LogP contribution is -2.21. The minimum atomic E-state index is 0.0694. The molecule has 0 saturated heterocycles. The number of aryl methyl sites for hydroxylation is 1. The van der Waals surface area contributed by atoms with E-state index in [9.17, 15) is 4.79 Å². The Balaban J connectivity index is 2.78. The van der Waals surface area contributed by atoms with E-state index in [0.717, 1.165) is 29.7 Å². The molecule has 2 heterocycles. The quantitative estimate of drug-likeness (QED) is 0.746. The molecule has 78 valence electrons. The van der Waals surface area contributed by atoms with Crippen LogP contribution in [0.1, 0.15) is 24.6 Å². The van der Waals surface area contributed by atoms with Crippen LogP contribution in [-0.4, -0.2) is 9.38 Å². The van der Waals surface area contributed by atoms with E-state index in [1.54, 1.807) is 10.6 Å². The van der Waals surface area contributed by atoms with Crippen molar-refractivity contribution in [2.45, 2.75) is 26.7 Å². The van der Waals surface area contributed by atoms with Gasteiger partial charge in [-0.2, -0.15) is 0 Å². The summed E-state index contributed by atoms with van der Waals surface area (Å²) in [6.45, 7) is 3.97. The van der Waals surface area contributed by atoms with Crippen molar-refractivity contribution in [2.75, 3.05) is 0 Å². The van der Waals surface area contributed by atoms with E-state index in [-0.39, 0.29) is 5.56 Å². The third-order valence-electron chi connectivity index (χ3n) is 2.53. The Labute approximate surface area is 88.4 Å². The van der Waals surface area contributed by atoms with Crippen molar-refractivity contribution in [1.29, 1.82) is 0 Å². The van der Waals surface area contributed by atoms with Crippen LogP contribution in [0.2, 0.25) is 0 Å². The first-order valence-electron chi connectivity index (χ1n) is 5.21. The predicted molar refractivity (Wildman–Crippen MR) is 60.2 cm³/mol. The summed E-state index contributed by atoms with van der Waals surface area (Å²) in [5.41, 5.74) is 2.48. The van der Waals surface area contributed by atoms with E-state index in [1.807, 2.05) is 25.1 Å². The maximum Gasteiger partial charge on any atom is 0.261 e. The van der Waals surface area contributed by atoms with Gasteiger partial charge in [-0.3, -0.25) is 9.20 Å². The van der Waals surface area contributed by atoms with Crippen LogP contribution in [0.5, 0.6) is 0 Å². The average Bonchev–Trinajstić information content (AvgIpc) is 2.24. The molecule has 0 radical (unpaired) electrons. The molecule has 0 fully saturated rings.